The van der Waals surface area contributed by atoms with Crippen molar-refractivity contribution in [1.82, 2.24) is 0 Å². The van der Waals surface area contributed by atoms with E-state index in [4.69, 9.17) is 0 Å². The first-order valence-electron chi connectivity index (χ1n) is 4.76. The van der Waals surface area contributed by atoms with E-state index in [0.717, 1.165) is 6.07 Å². The van der Waals surface area contributed by atoms with Crippen molar-refractivity contribution in [3.63, 3.8) is 0 Å². The highest BCUT2D eigenvalue weighted by Crippen LogP contribution is 2.30. The van der Waals surface area contributed by atoms with Crippen LogP contribution in [0, 0.1) is 5.21 Å². The number of ketones is 1. The fourth-order valence-electron chi connectivity index (χ4n) is 1.79. The molecule has 0 aliphatic heterocycles. The smallest absolute Gasteiger partial charge is 0.422 e. The first kappa shape index (κ1) is 10.9. The quantitative estimate of drug-likeness (QED) is 0.505. The molecule has 86 valence electrons. The van der Waals surface area contributed by atoms with Crippen LogP contribution >= 0.6 is 0 Å². The summed E-state index contributed by atoms with van der Waals surface area (Å²) in [6, 6.07) is 0.769. The summed E-state index contributed by atoms with van der Waals surface area (Å²) in [6.07, 6.45) is -3.05. The number of alkyl halides is 3. The van der Waals surface area contributed by atoms with Crippen LogP contribution in [-0.4, -0.2) is 5.78 Å². The molecule has 0 fully saturated rings. The highest BCUT2D eigenvalue weighted by Gasteiger charge is 2.36. The number of Topliss-reactive ketones (excluding diaryl/α,β-unsaturated/α-hetero) is 1. The number of fused-ring (bicyclic) bond motifs is 1. The van der Waals surface area contributed by atoms with Crippen LogP contribution in [0.4, 0.5) is 13.2 Å². The van der Waals surface area contributed by atoms with E-state index in [1.807, 2.05) is 0 Å². The normalized spacial score (nSPS) is 16.1. The number of pyridine rings is 1. The SMILES string of the molecule is O=C1CCCc2c1cc(C(F)(F)F)c[n+]2[O-]. The summed E-state index contributed by atoms with van der Waals surface area (Å²) in [5.41, 5.74) is -1.02. The lowest BCUT2D eigenvalue weighted by Crippen LogP contribution is -2.37. The van der Waals surface area contributed by atoms with E-state index in [1.165, 1.54) is 0 Å². The van der Waals surface area contributed by atoms with E-state index in [1.54, 1.807) is 0 Å². The Morgan fingerprint density at radius 1 is 1.31 bits per heavy atom. The fraction of sp³-hybridized carbons (Fsp3) is 0.400. The molecular weight excluding hydrogens is 223 g/mol. The topological polar surface area (TPSA) is 44.0 Å². The van der Waals surface area contributed by atoms with Gasteiger partial charge in [0.15, 0.2) is 12.0 Å². The van der Waals surface area contributed by atoms with Crippen LogP contribution in [-0.2, 0) is 12.6 Å². The lowest BCUT2D eigenvalue weighted by Gasteiger charge is -2.16. The second kappa shape index (κ2) is 3.47. The summed E-state index contributed by atoms with van der Waals surface area (Å²) in [5.74, 6) is -0.392. The third-order valence-corrected chi connectivity index (χ3v) is 2.58. The van der Waals surface area contributed by atoms with Crippen molar-refractivity contribution in [3.8, 4) is 0 Å². The Bertz CT molecular complexity index is 454. The van der Waals surface area contributed by atoms with Crippen LogP contribution in [0.2, 0.25) is 0 Å². The number of carbonyl (C=O) groups excluding carboxylic acids is 1. The van der Waals surface area contributed by atoms with E-state index in [-0.39, 0.29) is 22.4 Å². The van der Waals surface area contributed by atoms with Crippen molar-refractivity contribution in [1.29, 1.82) is 0 Å². The molecule has 0 aromatic carbocycles. The van der Waals surface area contributed by atoms with Gasteiger partial charge in [0.05, 0.1) is 5.56 Å². The molecule has 0 bridgehead atoms. The lowest BCUT2D eigenvalue weighted by atomic mass is 9.94. The van der Waals surface area contributed by atoms with E-state index in [9.17, 15) is 23.2 Å². The van der Waals surface area contributed by atoms with Crippen LogP contribution in [0.15, 0.2) is 12.3 Å². The molecule has 0 N–H and O–H groups in total. The summed E-state index contributed by atoms with van der Waals surface area (Å²) in [7, 11) is 0. The second-order valence-corrected chi connectivity index (χ2v) is 3.69. The van der Waals surface area contributed by atoms with Gasteiger partial charge in [0.25, 0.3) is 0 Å². The van der Waals surface area contributed by atoms with Crippen molar-refractivity contribution >= 4 is 5.78 Å². The Kier molecular flexibility index (Phi) is 2.36. The van der Waals surface area contributed by atoms with Gasteiger partial charge in [0.2, 0.25) is 5.69 Å². The number of hydrogen-bond acceptors (Lipinski definition) is 2. The molecule has 1 aromatic rings. The van der Waals surface area contributed by atoms with Gasteiger partial charge in [-0.1, -0.05) is 0 Å². The van der Waals surface area contributed by atoms with Gasteiger partial charge in [0, 0.05) is 12.8 Å². The molecule has 1 aromatic heterocycles. The van der Waals surface area contributed by atoms with Gasteiger partial charge in [-0.15, -0.1) is 0 Å². The Morgan fingerprint density at radius 3 is 2.62 bits per heavy atom. The predicted octanol–water partition coefficient (Wildman–Crippen LogP) is 1.86. The molecule has 0 spiro atoms. The first-order chi connectivity index (χ1) is 7.39. The zero-order valence-electron chi connectivity index (χ0n) is 8.17. The number of rotatable bonds is 0. The molecule has 16 heavy (non-hydrogen) atoms. The van der Waals surface area contributed by atoms with Crippen LogP contribution in [0.5, 0.6) is 0 Å². The molecule has 0 unspecified atom stereocenters. The standard InChI is InChI=1S/C10H8F3NO2/c11-10(12,13)6-4-7-8(14(16)5-6)2-1-3-9(7)15/h4-5H,1-3H2. The predicted molar refractivity (Wildman–Crippen MR) is 47.7 cm³/mol. The lowest BCUT2D eigenvalue weighted by molar-refractivity contribution is -0.615. The maximum Gasteiger partial charge on any atom is 0.422 e. The van der Waals surface area contributed by atoms with Gasteiger partial charge in [-0.2, -0.15) is 17.9 Å². The van der Waals surface area contributed by atoms with E-state index in [0.29, 0.717) is 19.0 Å². The minimum atomic E-state index is -4.60. The van der Waals surface area contributed by atoms with Crippen LogP contribution < -0.4 is 4.73 Å². The van der Waals surface area contributed by atoms with Crippen molar-refractivity contribution in [2.24, 2.45) is 0 Å². The average molecular weight is 231 g/mol. The second-order valence-electron chi connectivity index (χ2n) is 3.69. The average Bonchev–Trinajstić information content (AvgIpc) is 2.18. The molecular formula is C10H8F3NO2. The fourth-order valence-corrected chi connectivity index (χ4v) is 1.79. The van der Waals surface area contributed by atoms with Crippen molar-refractivity contribution in [2.75, 3.05) is 0 Å². The van der Waals surface area contributed by atoms with Gasteiger partial charge in [-0.05, 0) is 12.5 Å². The number of nitrogens with zero attached hydrogens (tertiary/aromatic N) is 1. The minimum absolute atomic E-state index is 0.0870. The molecule has 0 radical (unpaired) electrons. The maximum atomic E-state index is 12.4. The van der Waals surface area contributed by atoms with Crippen LogP contribution in [0.3, 0.4) is 0 Å². The molecule has 0 amide bonds. The highest BCUT2D eigenvalue weighted by atomic mass is 19.4. The number of halogens is 3. The minimum Gasteiger partial charge on any atom is -0.618 e. The summed E-state index contributed by atoms with van der Waals surface area (Å²) < 4.78 is 37.4. The van der Waals surface area contributed by atoms with Gasteiger partial charge >= 0.3 is 6.18 Å². The van der Waals surface area contributed by atoms with Crippen LogP contribution in [0.1, 0.15) is 34.5 Å². The number of aromatic nitrogens is 1. The molecule has 1 heterocycles. The molecule has 1 aliphatic rings. The largest absolute Gasteiger partial charge is 0.618 e. The molecule has 0 saturated heterocycles. The molecule has 0 saturated carbocycles. The van der Waals surface area contributed by atoms with E-state index < -0.39 is 17.5 Å². The number of hydrogen-bond donors (Lipinski definition) is 0. The molecule has 1 aliphatic carbocycles. The van der Waals surface area contributed by atoms with Crippen molar-refractivity contribution < 1.29 is 22.7 Å². The van der Waals surface area contributed by atoms with Crippen molar-refractivity contribution in [3.05, 3.63) is 34.3 Å². The highest BCUT2D eigenvalue weighted by molar-refractivity contribution is 5.97. The van der Waals surface area contributed by atoms with E-state index >= 15 is 0 Å². The van der Waals surface area contributed by atoms with Gasteiger partial charge < -0.3 is 5.21 Å². The van der Waals surface area contributed by atoms with Gasteiger partial charge in [-0.25, -0.2) is 0 Å². The summed E-state index contributed by atoms with van der Waals surface area (Å²) in [6.45, 7) is 0. The van der Waals surface area contributed by atoms with E-state index in [2.05, 4.69) is 0 Å². The molecule has 0 atom stereocenters. The molecule has 2 rings (SSSR count). The monoisotopic (exact) mass is 231 g/mol. The Labute approximate surface area is 89.1 Å². The summed E-state index contributed by atoms with van der Waals surface area (Å²) in [5, 5.41) is 11.3. The molecule has 6 heteroatoms. The number of carbonyl (C=O) groups is 1. The third-order valence-electron chi connectivity index (χ3n) is 2.58. The summed E-state index contributed by atoms with van der Waals surface area (Å²) >= 11 is 0. The zero-order valence-corrected chi connectivity index (χ0v) is 8.17. The Hall–Kier alpha value is -1.59. The van der Waals surface area contributed by atoms with Crippen LogP contribution in [0.25, 0.3) is 0 Å². The summed E-state index contributed by atoms with van der Waals surface area (Å²) in [4.78, 5) is 11.4. The maximum absolute atomic E-state index is 12.4. The first-order valence-corrected chi connectivity index (χ1v) is 4.76. The van der Waals surface area contributed by atoms with Gasteiger partial charge in [-0.3, -0.25) is 4.79 Å². The zero-order chi connectivity index (χ0) is 11.9. The van der Waals surface area contributed by atoms with Gasteiger partial charge in [0.1, 0.15) is 5.56 Å². The molecule has 3 nitrogen and oxygen atoms in total. The Morgan fingerprint density at radius 2 is 2.00 bits per heavy atom. The third kappa shape index (κ3) is 1.75. The van der Waals surface area contributed by atoms with Crippen molar-refractivity contribution in [2.45, 2.75) is 25.4 Å². The Balaban J connectivity index is 2.60.